The van der Waals surface area contributed by atoms with E-state index in [1.54, 1.807) is 30.6 Å². The molecule has 0 aliphatic heterocycles. The summed E-state index contributed by atoms with van der Waals surface area (Å²) in [7, 11) is -3.33. The van der Waals surface area contributed by atoms with E-state index in [4.69, 9.17) is 5.73 Å². The summed E-state index contributed by atoms with van der Waals surface area (Å²) < 4.78 is 24.3. The van der Waals surface area contributed by atoms with Gasteiger partial charge in [-0.25, -0.2) is 8.42 Å². The van der Waals surface area contributed by atoms with E-state index in [9.17, 15) is 8.42 Å². The van der Waals surface area contributed by atoms with E-state index in [1.807, 2.05) is 12.1 Å². The van der Waals surface area contributed by atoms with Gasteiger partial charge in [0.1, 0.15) is 0 Å². The van der Waals surface area contributed by atoms with Crippen LogP contribution >= 0.6 is 0 Å². The van der Waals surface area contributed by atoms with Crippen molar-refractivity contribution in [2.24, 2.45) is 0 Å². The van der Waals surface area contributed by atoms with Crippen LogP contribution in [0, 0.1) is 0 Å². The van der Waals surface area contributed by atoms with E-state index in [0.29, 0.717) is 12.1 Å². The Balaban J connectivity index is 2.16. The number of sulfone groups is 1. The van der Waals surface area contributed by atoms with E-state index in [0.717, 1.165) is 5.56 Å². The maximum absolute atomic E-state index is 12.1. The first-order valence-corrected chi connectivity index (χ1v) is 7.21. The number of aryl methyl sites for hydroxylation is 1. The van der Waals surface area contributed by atoms with Crippen molar-refractivity contribution < 1.29 is 8.42 Å². The summed E-state index contributed by atoms with van der Waals surface area (Å²) >= 11 is 0. The van der Waals surface area contributed by atoms with Gasteiger partial charge in [0.25, 0.3) is 0 Å². The Hall–Kier alpha value is -1.88. The van der Waals surface area contributed by atoms with Crippen molar-refractivity contribution in [3.63, 3.8) is 0 Å². The molecule has 0 bridgehead atoms. The van der Waals surface area contributed by atoms with Crippen molar-refractivity contribution in [3.8, 4) is 0 Å². The van der Waals surface area contributed by atoms with Crippen molar-refractivity contribution in [1.82, 2.24) is 4.98 Å². The average molecular weight is 262 g/mol. The Morgan fingerprint density at radius 1 is 1.06 bits per heavy atom. The fourth-order valence-electron chi connectivity index (χ4n) is 1.68. The summed E-state index contributed by atoms with van der Waals surface area (Å²) in [6.45, 7) is 0. The number of anilines is 1. The van der Waals surface area contributed by atoms with Crippen molar-refractivity contribution in [2.45, 2.75) is 11.3 Å². The zero-order chi connectivity index (χ0) is 13.0. The molecule has 2 aromatic rings. The highest BCUT2D eigenvalue weighted by atomic mass is 32.2. The third kappa shape index (κ3) is 2.87. The lowest BCUT2D eigenvalue weighted by molar-refractivity contribution is 0.595. The first-order chi connectivity index (χ1) is 8.59. The molecule has 1 heterocycles. The predicted octanol–water partition coefficient (Wildman–Crippen LogP) is 1.68. The average Bonchev–Trinajstić information content (AvgIpc) is 2.38. The van der Waals surface area contributed by atoms with Crippen molar-refractivity contribution in [3.05, 3.63) is 54.4 Å². The number of para-hydroxylation sites is 1. The normalized spacial score (nSPS) is 11.3. The smallest absolute Gasteiger partial charge is 0.180 e. The predicted molar refractivity (Wildman–Crippen MR) is 70.8 cm³/mol. The number of benzene rings is 1. The van der Waals surface area contributed by atoms with Gasteiger partial charge in [0.2, 0.25) is 0 Å². The molecular weight excluding hydrogens is 248 g/mol. The molecule has 0 radical (unpaired) electrons. The second kappa shape index (κ2) is 5.18. The summed E-state index contributed by atoms with van der Waals surface area (Å²) in [5.74, 6) is 0.0469. The standard InChI is InChI=1S/C13H14N2O2S/c14-12-3-1-2-4-13(12)18(16,17)10-7-11-5-8-15-9-6-11/h1-6,8-9H,7,10,14H2. The maximum Gasteiger partial charge on any atom is 0.180 e. The van der Waals surface area contributed by atoms with Crippen LogP contribution < -0.4 is 5.73 Å². The lowest BCUT2D eigenvalue weighted by Crippen LogP contribution is -2.11. The molecule has 0 amide bonds. The second-order valence-corrected chi connectivity index (χ2v) is 6.04. The van der Waals surface area contributed by atoms with Crippen LogP contribution in [0.5, 0.6) is 0 Å². The quantitative estimate of drug-likeness (QED) is 0.851. The summed E-state index contributed by atoms with van der Waals surface area (Å²) in [6.07, 6.45) is 3.76. The molecule has 0 spiro atoms. The minimum atomic E-state index is -3.33. The van der Waals surface area contributed by atoms with Crippen LogP contribution in [0.25, 0.3) is 0 Å². The van der Waals surface area contributed by atoms with E-state index in [2.05, 4.69) is 4.98 Å². The molecule has 2 N–H and O–H groups in total. The molecule has 0 saturated carbocycles. The monoisotopic (exact) mass is 262 g/mol. The molecule has 0 fully saturated rings. The van der Waals surface area contributed by atoms with Gasteiger partial charge in [0.15, 0.2) is 9.84 Å². The van der Waals surface area contributed by atoms with Gasteiger partial charge in [0.05, 0.1) is 16.3 Å². The number of pyridine rings is 1. The molecule has 94 valence electrons. The molecule has 0 atom stereocenters. The van der Waals surface area contributed by atoms with Gasteiger partial charge in [-0.2, -0.15) is 0 Å². The number of nitrogen functional groups attached to an aromatic ring is 1. The third-order valence-corrected chi connectivity index (χ3v) is 4.45. The SMILES string of the molecule is Nc1ccccc1S(=O)(=O)CCc1ccncc1. The molecule has 1 aromatic carbocycles. The number of hydrogen-bond acceptors (Lipinski definition) is 4. The summed E-state index contributed by atoms with van der Waals surface area (Å²) in [5.41, 5.74) is 6.93. The molecule has 4 nitrogen and oxygen atoms in total. The van der Waals surface area contributed by atoms with Crippen LogP contribution in [-0.4, -0.2) is 19.2 Å². The van der Waals surface area contributed by atoms with Crippen molar-refractivity contribution in [2.75, 3.05) is 11.5 Å². The van der Waals surface area contributed by atoms with Crippen LogP contribution in [0.2, 0.25) is 0 Å². The highest BCUT2D eigenvalue weighted by molar-refractivity contribution is 7.91. The number of nitrogens with two attached hydrogens (primary N) is 1. The van der Waals surface area contributed by atoms with Crippen molar-refractivity contribution >= 4 is 15.5 Å². The van der Waals surface area contributed by atoms with Crippen LogP contribution in [0.3, 0.4) is 0 Å². The van der Waals surface area contributed by atoms with Crippen molar-refractivity contribution in [1.29, 1.82) is 0 Å². The lowest BCUT2D eigenvalue weighted by atomic mass is 10.2. The molecular formula is C13H14N2O2S. The van der Waals surface area contributed by atoms with E-state index in [-0.39, 0.29) is 10.6 Å². The zero-order valence-corrected chi connectivity index (χ0v) is 10.6. The van der Waals surface area contributed by atoms with Gasteiger partial charge in [-0.3, -0.25) is 4.98 Å². The molecule has 18 heavy (non-hydrogen) atoms. The first kappa shape index (κ1) is 12.6. The number of rotatable bonds is 4. The summed E-state index contributed by atoms with van der Waals surface area (Å²) in [6, 6.07) is 10.1. The largest absolute Gasteiger partial charge is 0.398 e. The van der Waals surface area contributed by atoms with Crippen LogP contribution in [0.1, 0.15) is 5.56 Å². The Morgan fingerprint density at radius 3 is 2.39 bits per heavy atom. The lowest BCUT2D eigenvalue weighted by Gasteiger charge is -2.07. The Kier molecular flexibility index (Phi) is 3.62. The molecule has 0 aliphatic rings. The number of nitrogens with zero attached hydrogens (tertiary/aromatic N) is 1. The van der Waals surface area contributed by atoms with Gasteiger partial charge in [-0.05, 0) is 36.2 Å². The minimum Gasteiger partial charge on any atom is -0.398 e. The zero-order valence-electron chi connectivity index (χ0n) is 9.78. The maximum atomic E-state index is 12.1. The van der Waals surface area contributed by atoms with Gasteiger partial charge in [-0.15, -0.1) is 0 Å². The molecule has 2 rings (SSSR count). The van der Waals surface area contributed by atoms with E-state index < -0.39 is 9.84 Å². The minimum absolute atomic E-state index is 0.0469. The molecule has 0 unspecified atom stereocenters. The van der Waals surface area contributed by atoms with Gasteiger partial charge in [0, 0.05) is 12.4 Å². The topological polar surface area (TPSA) is 73.1 Å². The van der Waals surface area contributed by atoms with Crippen LogP contribution in [0.4, 0.5) is 5.69 Å². The van der Waals surface area contributed by atoms with Gasteiger partial charge in [-0.1, -0.05) is 12.1 Å². The number of hydrogen-bond donors (Lipinski definition) is 1. The van der Waals surface area contributed by atoms with E-state index in [1.165, 1.54) is 6.07 Å². The van der Waals surface area contributed by atoms with Gasteiger partial charge < -0.3 is 5.73 Å². The summed E-state index contributed by atoms with van der Waals surface area (Å²) in [4.78, 5) is 4.10. The Morgan fingerprint density at radius 2 is 1.72 bits per heavy atom. The van der Waals surface area contributed by atoms with E-state index >= 15 is 0 Å². The molecule has 1 aromatic heterocycles. The van der Waals surface area contributed by atoms with Crippen LogP contribution in [-0.2, 0) is 16.3 Å². The molecule has 5 heteroatoms. The fraction of sp³-hybridized carbons (Fsp3) is 0.154. The highest BCUT2D eigenvalue weighted by Gasteiger charge is 2.16. The van der Waals surface area contributed by atoms with Gasteiger partial charge >= 0.3 is 0 Å². The fourth-order valence-corrected chi connectivity index (χ4v) is 3.11. The Bertz CT molecular complexity index is 624. The third-order valence-electron chi connectivity index (χ3n) is 2.66. The number of aromatic nitrogens is 1. The molecule has 0 aliphatic carbocycles. The highest BCUT2D eigenvalue weighted by Crippen LogP contribution is 2.19. The van der Waals surface area contributed by atoms with Crippen LogP contribution in [0.15, 0.2) is 53.7 Å². The first-order valence-electron chi connectivity index (χ1n) is 5.56. The summed E-state index contributed by atoms with van der Waals surface area (Å²) in [5, 5.41) is 0. The second-order valence-electron chi connectivity index (χ2n) is 3.96. The Labute approximate surface area is 106 Å². The molecule has 0 saturated heterocycles.